The monoisotopic (exact) mass is 363 g/mol. The zero-order chi connectivity index (χ0) is 17.8. The highest BCUT2D eigenvalue weighted by Gasteiger charge is 2.26. The Hall–Kier alpha value is -2.15. The molecule has 0 saturated carbocycles. The first-order valence-corrected chi connectivity index (χ1v) is 9.31. The van der Waals surface area contributed by atoms with E-state index in [1.807, 2.05) is 6.26 Å². The molecule has 1 aliphatic heterocycles. The summed E-state index contributed by atoms with van der Waals surface area (Å²) < 4.78 is 26.4. The van der Waals surface area contributed by atoms with Crippen LogP contribution in [0.25, 0.3) is 0 Å². The number of carbonyl (C=O) groups excluding carboxylic acids is 1. The lowest BCUT2D eigenvalue weighted by Gasteiger charge is -2.34. The molecule has 0 bridgehead atoms. The van der Waals surface area contributed by atoms with Crippen molar-refractivity contribution in [3.63, 3.8) is 0 Å². The Kier molecular flexibility index (Phi) is 5.53. The highest BCUT2D eigenvalue weighted by Crippen LogP contribution is 2.22. The largest absolute Gasteiger partial charge is 0.380 e. The van der Waals surface area contributed by atoms with Gasteiger partial charge in [0.15, 0.2) is 11.6 Å². The Morgan fingerprint density at radius 1 is 1.32 bits per heavy atom. The summed E-state index contributed by atoms with van der Waals surface area (Å²) in [7, 11) is 0. The number of anilines is 1. The van der Waals surface area contributed by atoms with Crippen LogP contribution in [0.2, 0.25) is 0 Å². The molecule has 2 aromatic rings. The third kappa shape index (κ3) is 4.10. The molecular weight excluding hydrogens is 344 g/mol. The van der Waals surface area contributed by atoms with Gasteiger partial charge in [-0.1, -0.05) is 0 Å². The Balaban J connectivity index is 1.70. The van der Waals surface area contributed by atoms with Crippen molar-refractivity contribution >= 4 is 23.4 Å². The van der Waals surface area contributed by atoms with Gasteiger partial charge in [-0.15, -0.1) is 11.8 Å². The second-order valence-corrected chi connectivity index (χ2v) is 6.72. The van der Waals surface area contributed by atoms with Crippen LogP contribution in [0, 0.1) is 11.6 Å². The fourth-order valence-corrected chi connectivity index (χ4v) is 3.53. The van der Waals surface area contributed by atoms with E-state index in [9.17, 15) is 13.6 Å². The first-order chi connectivity index (χ1) is 12.1. The highest BCUT2D eigenvalue weighted by molar-refractivity contribution is 7.98. The van der Waals surface area contributed by atoms with Crippen LogP contribution in [-0.2, 0) is 0 Å². The lowest BCUT2D eigenvalue weighted by molar-refractivity contribution is 0.0710. The number of nitrogens with one attached hydrogen (secondary N) is 1. The minimum Gasteiger partial charge on any atom is -0.380 e. The first-order valence-electron chi connectivity index (χ1n) is 8.08. The van der Waals surface area contributed by atoms with Crippen molar-refractivity contribution in [3.8, 4) is 0 Å². The van der Waals surface area contributed by atoms with E-state index in [0.717, 1.165) is 25.0 Å². The van der Waals surface area contributed by atoms with E-state index >= 15 is 0 Å². The summed E-state index contributed by atoms with van der Waals surface area (Å²) in [4.78, 5) is 18.8. The molecule has 0 aliphatic carbocycles. The molecule has 0 unspecified atom stereocenters. The van der Waals surface area contributed by atoms with Crippen molar-refractivity contribution in [2.24, 2.45) is 0 Å². The highest BCUT2D eigenvalue weighted by atomic mass is 32.2. The van der Waals surface area contributed by atoms with Crippen LogP contribution in [-0.4, -0.2) is 41.2 Å². The maximum Gasteiger partial charge on any atom is 0.256 e. The summed E-state index contributed by atoms with van der Waals surface area (Å²) >= 11 is 1.44. The van der Waals surface area contributed by atoms with Crippen molar-refractivity contribution in [2.75, 3.05) is 24.7 Å². The van der Waals surface area contributed by atoms with E-state index in [1.165, 1.54) is 17.8 Å². The average Bonchev–Trinajstić information content (AvgIpc) is 2.64. The molecule has 1 saturated heterocycles. The molecule has 3 rings (SSSR count). The van der Waals surface area contributed by atoms with Crippen molar-refractivity contribution in [2.45, 2.75) is 23.9 Å². The molecular formula is C18H19F2N3OS. The molecule has 7 heteroatoms. The predicted octanol–water partition coefficient (Wildman–Crippen LogP) is 3.80. The van der Waals surface area contributed by atoms with Crippen LogP contribution in [0.1, 0.15) is 23.2 Å². The zero-order valence-corrected chi connectivity index (χ0v) is 14.7. The second kappa shape index (κ2) is 7.82. The van der Waals surface area contributed by atoms with Crippen molar-refractivity contribution < 1.29 is 13.6 Å². The van der Waals surface area contributed by atoms with Crippen LogP contribution < -0.4 is 5.32 Å². The summed E-state index contributed by atoms with van der Waals surface area (Å²) in [5.74, 6) is -1.80. The van der Waals surface area contributed by atoms with Gasteiger partial charge in [0.1, 0.15) is 5.03 Å². The number of amides is 1. The predicted molar refractivity (Wildman–Crippen MR) is 94.9 cm³/mol. The third-order valence-corrected chi connectivity index (χ3v) is 4.91. The molecule has 0 spiro atoms. The zero-order valence-electron chi connectivity index (χ0n) is 13.8. The number of benzene rings is 1. The number of thioether (sulfide) groups is 1. The van der Waals surface area contributed by atoms with Crippen LogP contribution in [0.5, 0.6) is 0 Å². The minimum absolute atomic E-state index is 0.00281. The number of halogens is 2. The van der Waals surface area contributed by atoms with Crippen LogP contribution in [0.15, 0.2) is 41.6 Å². The van der Waals surface area contributed by atoms with Gasteiger partial charge >= 0.3 is 0 Å². The molecule has 1 N–H and O–H groups in total. The number of hydrogen-bond acceptors (Lipinski definition) is 4. The lowest BCUT2D eigenvalue weighted by Crippen LogP contribution is -2.45. The summed E-state index contributed by atoms with van der Waals surface area (Å²) in [6, 6.07) is 7.29. The number of rotatable bonds is 4. The fraction of sp³-hybridized carbons (Fsp3) is 0.333. The topological polar surface area (TPSA) is 45.2 Å². The second-order valence-electron chi connectivity index (χ2n) is 5.92. The lowest BCUT2D eigenvalue weighted by atomic mass is 10.0. The molecule has 1 amide bonds. The quantitative estimate of drug-likeness (QED) is 0.840. The van der Waals surface area contributed by atoms with Crippen LogP contribution in [0.4, 0.5) is 14.5 Å². The number of carbonyl (C=O) groups is 1. The fourth-order valence-electron chi connectivity index (χ4n) is 2.99. The van der Waals surface area contributed by atoms with Crippen molar-refractivity contribution in [1.29, 1.82) is 0 Å². The molecule has 4 nitrogen and oxygen atoms in total. The number of aromatic nitrogens is 1. The SMILES string of the molecule is CSc1ncccc1C(=O)N1CCC[C@@H](Nc2ccc(F)c(F)c2)C1. The van der Waals surface area contributed by atoms with Gasteiger partial charge in [-0.3, -0.25) is 4.79 Å². The Bertz CT molecular complexity index is 772. The molecule has 0 radical (unpaired) electrons. The van der Waals surface area contributed by atoms with Crippen LogP contribution >= 0.6 is 11.8 Å². The molecule has 25 heavy (non-hydrogen) atoms. The molecule has 132 valence electrons. The maximum absolute atomic E-state index is 13.4. The van der Waals surface area contributed by atoms with Gasteiger partial charge in [0.05, 0.1) is 5.56 Å². The smallest absolute Gasteiger partial charge is 0.256 e. The van der Waals surface area contributed by atoms with E-state index in [1.54, 1.807) is 23.2 Å². The van der Waals surface area contributed by atoms with E-state index < -0.39 is 11.6 Å². The van der Waals surface area contributed by atoms with E-state index in [4.69, 9.17) is 0 Å². The molecule has 1 aromatic heterocycles. The molecule has 1 fully saturated rings. The number of piperidine rings is 1. The Morgan fingerprint density at radius 3 is 2.92 bits per heavy atom. The summed E-state index contributed by atoms with van der Waals surface area (Å²) in [5, 5.41) is 3.90. The summed E-state index contributed by atoms with van der Waals surface area (Å²) in [6.45, 7) is 1.19. The first kappa shape index (κ1) is 17.7. The summed E-state index contributed by atoms with van der Waals surface area (Å²) in [5.41, 5.74) is 1.12. The standard InChI is InChI=1S/C18H19F2N3OS/c1-25-17-14(5-2-8-21-17)18(24)23-9-3-4-13(11-23)22-12-6-7-15(19)16(20)10-12/h2,5-8,10,13,22H,3-4,9,11H2,1H3/t13-/m1/s1. The third-order valence-electron chi connectivity index (χ3n) is 4.19. The van der Waals surface area contributed by atoms with E-state index in [2.05, 4.69) is 10.3 Å². The van der Waals surface area contributed by atoms with E-state index in [0.29, 0.717) is 29.4 Å². The molecule has 1 atom stereocenters. The van der Waals surface area contributed by atoms with Gasteiger partial charge in [-0.2, -0.15) is 0 Å². The van der Waals surface area contributed by atoms with Gasteiger partial charge in [0.2, 0.25) is 0 Å². The van der Waals surface area contributed by atoms with Gasteiger partial charge in [0.25, 0.3) is 5.91 Å². The van der Waals surface area contributed by atoms with E-state index in [-0.39, 0.29) is 11.9 Å². The van der Waals surface area contributed by atoms with Gasteiger partial charge in [0, 0.05) is 37.1 Å². The maximum atomic E-state index is 13.4. The Morgan fingerprint density at radius 2 is 2.16 bits per heavy atom. The number of hydrogen-bond donors (Lipinski definition) is 1. The summed E-state index contributed by atoms with van der Waals surface area (Å²) in [6.07, 6.45) is 5.28. The Labute approximate surface area is 149 Å². The van der Waals surface area contributed by atoms with Crippen molar-refractivity contribution in [1.82, 2.24) is 9.88 Å². The normalized spacial score (nSPS) is 17.4. The molecule has 1 aromatic carbocycles. The number of nitrogens with zero attached hydrogens (tertiary/aromatic N) is 2. The average molecular weight is 363 g/mol. The van der Waals surface area contributed by atoms with Gasteiger partial charge in [-0.05, 0) is 43.4 Å². The van der Waals surface area contributed by atoms with Gasteiger partial charge in [-0.25, -0.2) is 13.8 Å². The minimum atomic E-state index is -0.881. The number of likely N-dealkylation sites (tertiary alicyclic amines) is 1. The van der Waals surface area contributed by atoms with Crippen molar-refractivity contribution in [3.05, 3.63) is 53.7 Å². The number of pyridine rings is 1. The molecule has 2 heterocycles. The molecule has 1 aliphatic rings. The van der Waals surface area contributed by atoms with Gasteiger partial charge < -0.3 is 10.2 Å². The van der Waals surface area contributed by atoms with Crippen LogP contribution in [0.3, 0.4) is 0 Å².